The van der Waals surface area contributed by atoms with Gasteiger partial charge in [-0.05, 0) is 239 Å². The van der Waals surface area contributed by atoms with Crippen molar-refractivity contribution in [3.63, 3.8) is 0 Å². The summed E-state index contributed by atoms with van der Waals surface area (Å²) >= 11 is 5.02. The fourth-order valence-corrected chi connectivity index (χ4v) is 14.8. The number of nitrogens with zero attached hydrogens (tertiary/aromatic N) is 5. The van der Waals surface area contributed by atoms with Crippen molar-refractivity contribution in [1.29, 1.82) is 0 Å². The minimum Gasteiger partial charge on any atom is -0.493 e. The number of carbonyl (C=O) groups excluding carboxylic acids is 4. The highest BCUT2D eigenvalue weighted by Gasteiger charge is 2.43. The van der Waals surface area contributed by atoms with Gasteiger partial charge in [0.15, 0.2) is 10.8 Å². The van der Waals surface area contributed by atoms with E-state index < -0.39 is 11.6 Å². The molecule has 2 saturated heterocycles. The van der Waals surface area contributed by atoms with Crippen molar-refractivity contribution in [3.05, 3.63) is 129 Å². The lowest BCUT2D eigenvalue weighted by Crippen LogP contribution is -2.41. The predicted octanol–water partition coefficient (Wildman–Crippen LogP) is 13.8. The lowest BCUT2D eigenvalue weighted by molar-refractivity contribution is -0.146. The zero-order valence-corrected chi connectivity index (χ0v) is 53.7. The van der Waals surface area contributed by atoms with Gasteiger partial charge in [-0.1, -0.05) is 69.7 Å². The third-order valence-corrected chi connectivity index (χ3v) is 20.1. The molecule has 458 valence electrons. The number of thiazole rings is 1. The maximum absolute atomic E-state index is 14.0. The van der Waals surface area contributed by atoms with Gasteiger partial charge in [0.1, 0.15) is 22.9 Å². The number of benzene rings is 4. The number of nitrogens with one attached hydrogen (secondary N) is 1. The first-order chi connectivity index (χ1) is 41.4. The zero-order chi connectivity index (χ0) is 60.6. The first-order valence-electron chi connectivity index (χ1n) is 31.0. The molecular weight excluding hydrogens is 1170 g/mol. The number of anilines is 2. The van der Waals surface area contributed by atoms with Crippen LogP contribution in [0.3, 0.4) is 0 Å². The van der Waals surface area contributed by atoms with Crippen LogP contribution in [0.25, 0.3) is 21.3 Å². The maximum Gasteiger partial charge on any atom is 0.358 e. The van der Waals surface area contributed by atoms with Crippen LogP contribution in [0.4, 0.5) is 10.9 Å². The number of aromatic nitrogens is 2. The highest BCUT2D eigenvalue weighted by atomic mass is 79.9. The Morgan fingerprint density at radius 1 is 0.674 bits per heavy atom. The van der Waals surface area contributed by atoms with Crippen molar-refractivity contribution < 1.29 is 42.9 Å². The molecule has 0 unspecified atom stereocenters. The molecule has 6 aromatic rings. The Balaban J connectivity index is 0.000000263. The van der Waals surface area contributed by atoms with Gasteiger partial charge in [0.25, 0.3) is 5.91 Å². The Kier molecular flexibility index (Phi) is 20.2. The molecule has 11 rings (SSSR count). The molecular formula is C69H85BrN6O9S. The first kappa shape index (κ1) is 62.6. The Morgan fingerprint density at radius 2 is 1.27 bits per heavy atom. The molecule has 17 heteroatoms. The quantitative estimate of drug-likeness (QED) is 0.0678. The third-order valence-electron chi connectivity index (χ3n) is 18.3. The number of hydrogen-bond donors (Lipinski definition) is 1. The number of fused-ring (bicyclic) bond motifs is 2. The molecule has 4 aromatic carbocycles. The second kappa shape index (κ2) is 27.7. The molecule has 0 radical (unpaired) electrons. The van der Waals surface area contributed by atoms with Crippen molar-refractivity contribution >= 4 is 72.2 Å². The predicted molar refractivity (Wildman–Crippen MR) is 342 cm³/mol. The van der Waals surface area contributed by atoms with Gasteiger partial charge >= 0.3 is 17.9 Å². The van der Waals surface area contributed by atoms with Crippen LogP contribution >= 0.6 is 27.3 Å². The topological polar surface area (TPSA) is 162 Å². The number of amides is 1. The number of hydrogen-bond acceptors (Lipinski definition) is 15. The van der Waals surface area contributed by atoms with Gasteiger partial charge in [0, 0.05) is 34.3 Å². The summed E-state index contributed by atoms with van der Waals surface area (Å²) in [6, 6.07) is 29.7. The van der Waals surface area contributed by atoms with E-state index in [1.165, 1.54) is 55.4 Å². The van der Waals surface area contributed by atoms with E-state index in [2.05, 4.69) is 66.1 Å². The second-order valence-electron chi connectivity index (χ2n) is 25.4. The number of likely N-dealkylation sites (tertiary alicyclic amines) is 2. The molecule has 2 atom stereocenters. The highest BCUT2D eigenvalue weighted by molar-refractivity contribution is 9.10. The average molecular weight is 1250 g/mol. The summed E-state index contributed by atoms with van der Waals surface area (Å²) in [5.74, 6) is 2.59. The fraction of sp³-hybridized carbons (Fsp3) is 0.507. The molecule has 1 amide bonds. The summed E-state index contributed by atoms with van der Waals surface area (Å²) < 4.78 is 31.0. The van der Waals surface area contributed by atoms with Crippen LogP contribution in [0.15, 0.2) is 95.5 Å². The van der Waals surface area contributed by atoms with Crippen LogP contribution in [0, 0.1) is 36.5 Å². The van der Waals surface area contributed by atoms with E-state index >= 15 is 0 Å². The maximum atomic E-state index is 14.0. The van der Waals surface area contributed by atoms with Crippen molar-refractivity contribution in [3.8, 4) is 22.6 Å². The summed E-state index contributed by atoms with van der Waals surface area (Å²) in [5.41, 5.74) is 7.43. The largest absolute Gasteiger partial charge is 0.493 e. The molecule has 2 saturated carbocycles. The smallest absolute Gasteiger partial charge is 0.358 e. The zero-order valence-electron chi connectivity index (χ0n) is 51.3. The second-order valence-corrected chi connectivity index (χ2v) is 27.3. The average Bonchev–Trinajstić information content (AvgIpc) is 2.67. The normalized spacial score (nSPS) is 19.1. The molecule has 1 N–H and O–H groups in total. The molecule has 0 bridgehead atoms. The van der Waals surface area contributed by atoms with Crippen molar-refractivity contribution in [2.45, 2.75) is 131 Å². The fourth-order valence-electron chi connectivity index (χ4n) is 13.6. The van der Waals surface area contributed by atoms with Crippen LogP contribution in [0.1, 0.15) is 142 Å². The minimum atomic E-state index is -0.724. The third kappa shape index (κ3) is 15.5. The van der Waals surface area contributed by atoms with E-state index in [1.807, 2.05) is 114 Å². The van der Waals surface area contributed by atoms with Gasteiger partial charge in [-0.3, -0.25) is 29.5 Å². The molecule has 2 spiro atoms. The summed E-state index contributed by atoms with van der Waals surface area (Å²) in [7, 11) is 0. The number of ether oxygens (including phenoxy) is 5. The van der Waals surface area contributed by atoms with Gasteiger partial charge in [0.05, 0.1) is 49.7 Å². The number of halogens is 1. The molecule has 3 aliphatic heterocycles. The van der Waals surface area contributed by atoms with Gasteiger partial charge in [-0.15, -0.1) is 0 Å². The Hall–Kier alpha value is -6.40. The number of pyridine rings is 1. The molecule has 5 heterocycles. The van der Waals surface area contributed by atoms with E-state index in [-0.39, 0.29) is 23.5 Å². The summed E-state index contributed by atoms with van der Waals surface area (Å²) in [4.78, 5) is 67.7. The van der Waals surface area contributed by atoms with Crippen molar-refractivity contribution in [2.75, 3.05) is 82.5 Å². The van der Waals surface area contributed by atoms with Gasteiger partial charge in [0.2, 0.25) is 0 Å². The standard InChI is InChI=1S/C48H55N5O6S.C21H30BrNO3/c1-6-57-42(54)29-52-25-22-48(23-26-52)21-19-32(27-48)30-58-39-15-10-12-34(31(39)2)35-17-18-41(50-43(35)45(56)59-47(3,4)5)53-24-20-33-11-9-13-36(37(33)28-53)44(55)51-46-49-38-14-7-8-16-40(38)60-46;1-3-25-20(24)14-23-11-9-21(10-12-23)8-7-17(13-21)15-26-19-6-4-5-18(22)16(19)2/h7-18,32H,6,19-30H2,1-5H3,(H,49,51,55);4-6,17H,3,7-15H2,1-2H3/t32-;17-/m11/s1. The number of para-hydroxylation sites is 1. The van der Waals surface area contributed by atoms with Crippen LogP contribution in [-0.2, 0) is 36.8 Å². The van der Waals surface area contributed by atoms with Crippen LogP contribution in [0.2, 0.25) is 0 Å². The van der Waals surface area contributed by atoms with Crippen molar-refractivity contribution in [2.24, 2.45) is 22.7 Å². The molecule has 2 aromatic heterocycles. The van der Waals surface area contributed by atoms with Gasteiger partial charge in [-0.25, -0.2) is 14.8 Å². The molecule has 15 nitrogen and oxygen atoms in total. The highest BCUT2D eigenvalue weighted by Crippen LogP contribution is 2.50. The van der Waals surface area contributed by atoms with E-state index in [1.54, 1.807) is 0 Å². The van der Waals surface area contributed by atoms with Crippen LogP contribution < -0.4 is 19.7 Å². The number of rotatable bonds is 17. The minimum absolute atomic E-state index is 0.0921. The summed E-state index contributed by atoms with van der Waals surface area (Å²) in [6.45, 7) is 21.6. The van der Waals surface area contributed by atoms with E-state index in [9.17, 15) is 19.2 Å². The summed E-state index contributed by atoms with van der Waals surface area (Å²) in [5, 5.41) is 3.59. The molecule has 2 aliphatic carbocycles. The van der Waals surface area contributed by atoms with Crippen LogP contribution in [-0.4, -0.2) is 121 Å². The number of carbonyl (C=O) groups is 4. The monoisotopic (exact) mass is 1250 g/mol. The Labute approximate surface area is 520 Å². The molecule has 4 fully saturated rings. The Bertz CT molecular complexity index is 3350. The molecule has 86 heavy (non-hydrogen) atoms. The molecule has 5 aliphatic rings. The van der Waals surface area contributed by atoms with E-state index in [4.69, 9.17) is 28.7 Å². The van der Waals surface area contributed by atoms with E-state index in [0.717, 1.165) is 113 Å². The van der Waals surface area contributed by atoms with Crippen molar-refractivity contribution in [1.82, 2.24) is 19.8 Å². The van der Waals surface area contributed by atoms with Gasteiger partial charge < -0.3 is 28.6 Å². The Morgan fingerprint density at radius 3 is 1.87 bits per heavy atom. The number of piperidine rings is 2. The summed E-state index contributed by atoms with van der Waals surface area (Å²) in [6.07, 6.45) is 12.5. The number of esters is 3. The van der Waals surface area contributed by atoms with E-state index in [0.29, 0.717) is 90.7 Å². The lowest BCUT2D eigenvalue weighted by atomic mass is 9.76. The SMILES string of the molecule is CCOC(=O)CN1CCC2(CC[C@@H](COc3cccc(-c4ccc(N5CCc6cccc(C(=O)Nc7nc8ccccc8s7)c6C5)nc4C(=O)OC(C)(C)C)c3C)C2)CC1.CCOC(=O)CN1CCC2(CC[C@@H](COc3cccc(Br)c3C)C2)CC1. The lowest BCUT2D eigenvalue weighted by Gasteiger charge is -2.39. The van der Waals surface area contributed by atoms with Crippen LogP contribution in [0.5, 0.6) is 11.5 Å². The van der Waals surface area contributed by atoms with Gasteiger partial charge in [-0.2, -0.15) is 0 Å². The first-order valence-corrected chi connectivity index (χ1v) is 32.6.